The van der Waals surface area contributed by atoms with E-state index >= 15 is 0 Å². The molecule has 1 aliphatic heterocycles. The van der Waals surface area contributed by atoms with Crippen LogP contribution in [-0.2, 0) is 9.59 Å². The van der Waals surface area contributed by atoms with Gasteiger partial charge >= 0.3 is 12.0 Å². The molecule has 7 heteroatoms. The molecule has 1 heterocycles. The Labute approximate surface area is 105 Å². The van der Waals surface area contributed by atoms with Gasteiger partial charge in [0.1, 0.15) is 12.6 Å². The molecule has 0 aliphatic carbocycles. The van der Waals surface area contributed by atoms with Crippen LogP contribution in [0.3, 0.4) is 0 Å². The number of nitrogens with one attached hydrogen (secondary N) is 2. The number of nitrogens with zero attached hydrogens (tertiary/aromatic N) is 1. The van der Waals surface area contributed by atoms with Gasteiger partial charge in [-0.25, -0.2) is 9.59 Å². The largest absolute Gasteiger partial charge is 0.480 e. The summed E-state index contributed by atoms with van der Waals surface area (Å²) in [5, 5.41) is 13.9. The second-order valence-electron chi connectivity index (χ2n) is 4.04. The van der Waals surface area contributed by atoms with Crippen molar-refractivity contribution in [3.05, 3.63) is 0 Å². The summed E-state index contributed by atoms with van der Waals surface area (Å²) in [6.45, 7) is 1.34. The second-order valence-corrected chi connectivity index (χ2v) is 4.04. The van der Waals surface area contributed by atoms with Crippen molar-refractivity contribution in [3.63, 3.8) is 0 Å². The summed E-state index contributed by atoms with van der Waals surface area (Å²) >= 11 is 0. The normalized spacial score (nSPS) is 20.6. The van der Waals surface area contributed by atoms with E-state index in [1.165, 1.54) is 0 Å². The lowest BCUT2D eigenvalue weighted by molar-refractivity contribution is -0.144. The Hall–Kier alpha value is -2.23. The van der Waals surface area contributed by atoms with E-state index in [4.69, 9.17) is 11.5 Å². The number of urea groups is 1. The van der Waals surface area contributed by atoms with Gasteiger partial charge in [-0.15, -0.1) is 12.3 Å². The second kappa shape index (κ2) is 5.91. The van der Waals surface area contributed by atoms with E-state index in [0.29, 0.717) is 6.42 Å². The molecule has 0 spiro atoms. The maximum Gasteiger partial charge on any atom is 0.328 e. The fourth-order valence-corrected chi connectivity index (χ4v) is 1.60. The molecule has 1 fully saturated rings. The maximum absolute atomic E-state index is 11.8. The number of rotatable bonds is 3. The van der Waals surface area contributed by atoms with Crippen LogP contribution >= 0.6 is 0 Å². The Kier molecular flexibility index (Phi) is 4.54. The van der Waals surface area contributed by atoms with Gasteiger partial charge in [-0.2, -0.15) is 0 Å². The summed E-state index contributed by atoms with van der Waals surface area (Å²) < 4.78 is 0. The first-order chi connectivity index (χ1) is 8.45. The van der Waals surface area contributed by atoms with Crippen LogP contribution < -0.4 is 10.6 Å². The molecule has 18 heavy (non-hydrogen) atoms. The van der Waals surface area contributed by atoms with Gasteiger partial charge in [0.15, 0.2) is 0 Å². The maximum atomic E-state index is 11.8. The average molecular weight is 253 g/mol. The van der Waals surface area contributed by atoms with E-state index in [2.05, 4.69) is 16.6 Å². The minimum absolute atomic E-state index is 0.0922. The predicted octanol–water partition coefficient (Wildman–Crippen LogP) is -1.01. The first-order valence-electron chi connectivity index (χ1n) is 5.45. The summed E-state index contributed by atoms with van der Waals surface area (Å²) in [5.74, 6) is 0.850. The predicted molar refractivity (Wildman–Crippen MR) is 62.6 cm³/mol. The highest BCUT2D eigenvalue weighted by atomic mass is 16.4. The standard InChI is InChI=1S/C11H15N3O4/c1-3-4-7(2)13-11(18)14-6-9(15)12-5-8(14)10(16)17/h1,7-8H,4-6H2,2H3,(H,12,15)(H,13,18)(H,16,17). The van der Waals surface area contributed by atoms with Crippen LogP contribution in [0.4, 0.5) is 4.79 Å². The number of carbonyl (C=O) groups excluding carboxylic acids is 2. The van der Waals surface area contributed by atoms with Crippen LogP contribution in [0.5, 0.6) is 0 Å². The minimum atomic E-state index is -1.16. The van der Waals surface area contributed by atoms with Gasteiger partial charge < -0.3 is 15.7 Å². The summed E-state index contributed by atoms with van der Waals surface area (Å²) in [6, 6.07) is -1.93. The Bertz CT molecular complexity index is 402. The average Bonchev–Trinajstić information content (AvgIpc) is 2.28. The summed E-state index contributed by atoms with van der Waals surface area (Å²) in [7, 11) is 0. The van der Waals surface area contributed by atoms with Crippen molar-refractivity contribution in [2.75, 3.05) is 13.1 Å². The van der Waals surface area contributed by atoms with E-state index < -0.39 is 18.0 Å². The SMILES string of the molecule is C#CCC(C)NC(=O)N1CC(=O)NCC1C(=O)O. The number of carbonyl (C=O) groups is 3. The van der Waals surface area contributed by atoms with Gasteiger partial charge in [0, 0.05) is 19.0 Å². The molecule has 1 rings (SSSR count). The van der Waals surface area contributed by atoms with Crippen LogP contribution in [-0.4, -0.2) is 53.1 Å². The summed E-state index contributed by atoms with van der Waals surface area (Å²) in [5.41, 5.74) is 0. The van der Waals surface area contributed by atoms with E-state index in [-0.39, 0.29) is 25.0 Å². The Morgan fingerprint density at radius 3 is 2.94 bits per heavy atom. The molecule has 1 aliphatic rings. The highest BCUT2D eigenvalue weighted by Gasteiger charge is 2.35. The van der Waals surface area contributed by atoms with Crippen LogP contribution in [0.1, 0.15) is 13.3 Å². The number of hydrogen-bond donors (Lipinski definition) is 3. The lowest BCUT2D eigenvalue weighted by Crippen LogP contribution is -2.62. The zero-order valence-corrected chi connectivity index (χ0v) is 9.97. The molecule has 2 unspecified atom stereocenters. The summed E-state index contributed by atoms with van der Waals surface area (Å²) in [4.78, 5) is 35.0. The number of hydrogen-bond acceptors (Lipinski definition) is 3. The topological polar surface area (TPSA) is 98.7 Å². The number of aliphatic carboxylic acids is 1. The quantitative estimate of drug-likeness (QED) is 0.561. The molecule has 0 radical (unpaired) electrons. The molecule has 0 saturated carbocycles. The Morgan fingerprint density at radius 2 is 2.39 bits per heavy atom. The highest BCUT2D eigenvalue weighted by molar-refractivity contribution is 5.90. The van der Waals surface area contributed by atoms with Crippen molar-refractivity contribution in [2.45, 2.75) is 25.4 Å². The van der Waals surface area contributed by atoms with Crippen molar-refractivity contribution in [3.8, 4) is 12.3 Å². The van der Waals surface area contributed by atoms with Gasteiger partial charge in [-0.1, -0.05) is 0 Å². The molecule has 98 valence electrons. The minimum Gasteiger partial charge on any atom is -0.480 e. The third-order valence-electron chi connectivity index (χ3n) is 2.52. The van der Waals surface area contributed by atoms with Crippen LogP contribution in [0.15, 0.2) is 0 Å². The molecule has 0 bridgehead atoms. The molecule has 0 aromatic carbocycles. The fraction of sp³-hybridized carbons (Fsp3) is 0.545. The molecule has 7 nitrogen and oxygen atoms in total. The first-order valence-corrected chi connectivity index (χ1v) is 5.45. The number of carboxylic acids is 1. The van der Waals surface area contributed by atoms with Crippen molar-refractivity contribution in [1.29, 1.82) is 0 Å². The monoisotopic (exact) mass is 253 g/mol. The molecular formula is C11H15N3O4. The Balaban J connectivity index is 2.70. The first kappa shape index (κ1) is 13.8. The molecule has 0 aromatic heterocycles. The zero-order chi connectivity index (χ0) is 13.7. The number of piperazine rings is 1. The fourth-order valence-electron chi connectivity index (χ4n) is 1.60. The van der Waals surface area contributed by atoms with E-state index in [9.17, 15) is 14.4 Å². The number of carboxylic acid groups (broad SMARTS) is 1. The van der Waals surface area contributed by atoms with Crippen LogP contribution in [0.25, 0.3) is 0 Å². The third-order valence-corrected chi connectivity index (χ3v) is 2.52. The molecule has 0 aromatic rings. The smallest absolute Gasteiger partial charge is 0.328 e. The van der Waals surface area contributed by atoms with Gasteiger partial charge in [0.05, 0.1) is 0 Å². The number of amides is 3. The van der Waals surface area contributed by atoms with Gasteiger partial charge in [0.25, 0.3) is 0 Å². The van der Waals surface area contributed by atoms with Crippen LogP contribution in [0.2, 0.25) is 0 Å². The van der Waals surface area contributed by atoms with Gasteiger partial charge in [-0.05, 0) is 6.92 Å². The van der Waals surface area contributed by atoms with E-state index in [0.717, 1.165) is 4.90 Å². The van der Waals surface area contributed by atoms with Crippen molar-refractivity contribution in [1.82, 2.24) is 15.5 Å². The lowest BCUT2D eigenvalue weighted by Gasteiger charge is -2.33. The van der Waals surface area contributed by atoms with E-state index in [1.807, 2.05) is 0 Å². The van der Waals surface area contributed by atoms with Crippen LogP contribution in [0, 0.1) is 12.3 Å². The lowest BCUT2D eigenvalue weighted by atomic mass is 10.2. The Morgan fingerprint density at radius 1 is 1.72 bits per heavy atom. The molecule has 3 N–H and O–H groups in total. The van der Waals surface area contributed by atoms with Gasteiger partial charge in [0.2, 0.25) is 5.91 Å². The number of terminal acetylenes is 1. The molecular weight excluding hydrogens is 238 g/mol. The molecule has 1 saturated heterocycles. The van der Waals surface area contributed by atoms with Crippen molar-refractivity contribution in [2.24, 2.45) is 0 Å². The van der Waals surface area contributed by atoms with E-state index in [1.54, 1.807) is 6.92 Å². The summed E-state index contributed by atoms with van der Waals surface area (Å²) in [6.07, 6.45) is 5.44. The third kappa shape index (κ3) is 3.38. The molecule has 3 amide bonds. The van der Waals surface area contributed by atoms with Gasteiger partial charge in [-0.3, -0.25) is 9.69 Å². The molecule has 2 atom stereocenters. The van der Waals surface area contributed by atoms with Crippen molar-refractivity contribution >= 4 is 17.9 Å². The zero-order valence-electron chi connectivity index (χ0n) is 9.97. The highest BCUT2D eigenvalue weighted by Crippen LogP contribution is 2.05. The van der Waals surface area contributed by atoms with Crippen molar-refractivity contribution < 1.29 is 19.5 Å².